The second-order valence-corrected chi connectivity index (χ2v) is 15.4. The highest BCUT2D eigenvalue weighted by Gasteiger charge is 2.41. The quantitative estimate of drug-likeness (QED) is 0.287. The first kappa shape index (κ1) is 27.1. The van der Waals surface area contributed by atoms with Gasteiger partial charge < -0.3 is 4.57 Å². The van der Waals surface area contributed by atoms with E-state index in [1.807, 2.05) is 0 Å². The summed E-state index contributed by atoms with van der Waals surface area (Å²) < 4.78 is 30.0. The largest absolute Gasteiger partial charge is 0.304 e. The Hall–Kier alpha value is -2.15. The Balaban J connectivity index is 2.64. The maximum Gasteiger partial charge on any atom is 0.255 e. The lowest BCUT2D eigenvalue weighted by molar-refractivity contribution is 0.574. The molecule has 6 heteroatoms. The molecule has 1 atom stereocenters. The number of benzene rings is 1. The molecule has 2 rings (SSSR count). The summed E-state index contributed by atoms with van der Waals surface area (Å²) in [6.07, 6.45) is 0.177. The Morgan fingerprint density at radius 2 is 1.58 bits per heavy atom. The molecule has 1 aromatic carbocycles. The maximum atomic E-state index is 14.6. The number of halogens is 3. The van der Waals surface area contributed by atoms with Gasteiger partial charge in [0.25, 0.3) is 5.56 Å². The number of nitrogens with zero attached hydrogens (tertiary/aromatic N) is 1. The van der Waals surface area contributed by atoms with Crippen molar-refractivity contribution in [2.45, 2.75) is 70.5 Å². The molecule has 0 saturated heterocycles. The van der Waals surface area contributed by atoms with Crippen LogP contribution in [-0.4, -0.2) is 12.6 Å². The Bertz CT molecular complexity index is 1160. The van der Waals surface area contributed by atoms with Crippen molar-refractivity contribution in [2.75, 3.05) is 0 Å². The molecule has 0 aliphatic rings. The van der Waals surface area contributed by atoms with E-state index in [0.29, 0.717) is 27.9 Å². The first-order valence-electron chi connectivity index (χ1n) is 11.2. The van der Waals surface area contributed by atoms with Crippen LogP contribution in [0.5, 0.6) is 0 Å². The lowest BCUT2D eigenvalue weighted by Crippen LogP contribution is -2.43. The first-order valence-corrected chi connectivity index (χ1v) is 14.3. The standard InChI is InChI=1S/C27H32BrF2NOSi/c1-18(2)33(19(3)4,20(5)6)16-14-22-11-12-24(27(32)31(22)7)23(9-8-15-28)25-17-21(29)10-13-26(25)30/h10-13,17-20,23H,9H2,1-7H3. The van der Waals surface area contributed by atoms with Gasteiger partial charge in [0, 0.05) is 40.9 Å². The molecule has 0 fully saturated rings. The third-order valence-corrected chi connectivity index (χ3v) is 13.3. The average Bonchev–Trinajstić information content (AvgIpc) is 2.74. The predicted molar refractivity (Wildman–Crippen MR) is 139 cm³/mol. The van der Waals surface area contributed by atoms with Crippen LogP contribution in [0.1, 0.15) is 70.7 Å². The molecular weight excluding hydrogens is 500 g/mol. The average molecular weight is 533 g/mol. The van der Waals surface area contributed by atoms with Gasteiger partial charge in [0.1, 0.15) is 19.7 Å². The van der Waals surface area contributed by atoms with E-state index in [-0.39, 0.29) is 17.5 Å². The third-order valence-electron chi connectivity index (χ3n) is 6.69. The van der Waals surface area contributed by atoms with E-state index in [1.165, 1.54) is 4.57 Å². The smallest absolute Gasteiger partial charge is 0.255 e. The van der Waals surface area contributed by atoms with Crippen LogP contribution in [0.2, 0.25) is 16.6 Å². The molecule has 0 spiro atoms. The molecule has 1 aromatic heterocycles. The molecule has 0 radical (unpaired) electrons. The lowest BCUT2D eigenvalue weighted by Gasteiger charge is -2.38. The van der Waals surface area contributed by atoms with Crippen molar-refractivity contribution < 1.29 is 8.78 Å². The minimum atomic E-state index is -1.96. The van der Waals surface area contributed by atoms with Gasteiger partial charge in [0.2, 0.25) is 0 Å². The van der Waals surface area contributed by atoms with Gasteiger partial charge in [-0.25, -0.2) is 8.78 Å². The van der Waals surface area contributed by atoms with Gasteiger partial charge >= 0.3 is 0 Å². The summed E-state index contributed by atoms with van der Waals surface area (Å²) in [5.74, 6) is 4.34. The molecule has 0 amide bonds. The summed E-state index contributed by atoms with van der Waals surface area (Å²) in [4.78, 5) is 15.9. The molecule has 0 N–H and O–H groups in total. The predicted octanol–water partition coefficient (Wildman–Crippen LogP) is 7.11. The molecule has 2 nitrogen and oxygen atoms in total. The van der Waals surface area contributed by atoms with Crippen LogP contribution in [0.25, 0.3) is 0 Å². The van der Waals surface area contributed by atoms with E-state index >= 15 is 0 Å². The van der Waals surface area contributed by atoms with E-state index in [0.717, 1.165) is 18.2 Å². The molecule has 1 unspecified atom stereocenters. The molecule has 2 aromatic rings. The summed E-state index contributed by atoms with van der Waals surface area (Å²) in [7, 11) is -0.286. The fourth-order valence-electron chi connectivity index (χ4n) is 4.96. The van der Waals surface area contributed by atoms with Crippen molar-refractivity contribution in [1.82, 2.24) is 4.57 Å². The Kier molecular flexibility index (Phi) is 9.29. The van der Waals surface area contributed by atoms with Crippen molar-refractivity contribution in [3.63, 3.8) is 0 Å². The zero-order chi connectivity index (χ0) is 24.9. The fourth-order valence-corrected chi connectivity index (χ4v) is 10.3. The molecule has 1 heterocycles. The highest BCUT2D eigenvalue weighted by atomic mass is 79.9. The van der Waals surface area contributed by atoms with Crippen molar-refractivity contribution in [2.24, 2.45) is 7.05 Å². The zero-order valence-electron chi connectivity index (χ0n) is 20.4. The number of rotatable bonds is 6. The molecule has 0 aliphatic carbocycles. The maximum absolute atomic E-state index is 14.6. The van der Waals surface area contributed by atoms with Gasteiger partial charge in [-0.1, -0.05) is 59.4 Å². The minimum Gasteiger partial charge on any atom is -0.304 e. The number of aromatic nitrogens is 1. The topological polar surface area (TPSA) is 22.0 Å². The van der Waals surface area contributed by atoms with E-state index in [2.05, 4.69) is 79.7 Å². The Labute approximate surface area is 205 Å². The second kappa shape index (κ2) is 11.3. The van der Waals surface area contributed by atoms with E-state index in [1.54, 1.807) is 19.2 Å². The van der Waals surface area contributed by atoms with Crippen molar-refractivity contribution >= 4 is 24.0 Å². The molecule has 0 aliphatic heterocycles. The van der Waals surface area contributed by atoms with Gasteiger partial charge in [-0.15, -0.1) is 5.54 Å². The summed E-state index contributed by atoms with van der Waals surface area (Å²) in [5, 5.41) is 0. The molecule has 0 bridgehead atoms. The van der Waals surface area contributed by atoms with Gasteiger partial charge in [0.05, 0.1) is 5.69 Å². The number of hydrogen-bond donors (Lipinski definition) is 0. The molecule has 33 heavy (non-hydrogen) atoms. The summed E-state index contributed by atoms with van der Waals surface area (Å²) in [6, 6.07) is 6.77. The highest BCUT2D eigenvalue weighted by molar-refractivity contribution is 9.12. The second-order valence-electron chi connectivity index (χ2n) is 9.38. The van der Waals surface area contributed by atoms with E-state index < -0.39 is 25.6 Å². The van der Waals surface area contributed by atoms with Crippen LogP contribution in [0, 0.1) is 33.8 Å². The number of hydrogen-bond acceptors (Lipinski definition) is 1. The first-order chi connectivity index (χ1) is 15.5. The highest BCUT2D eigenvalue weighted by Crippen LogP contribution is 2.40. The molecular formula is C27H32BrF2NOSi. The monoisotopic (exact) mass is 531 g/mol. The van der Waals surface area contributed by atoms with Crippen LogP contribution >= 0.6 is 15.9 Å². The van der Waals surface area contributed by atoms with E-state index in [9.17, 15) is 13.6 Å². The van der Waals surface area contributed by atoms with Gasteiger partial charge in [-0.2, -0.15) is 0 Å². The van der Waals surface area contributed by atoms with Crippen LogP contribution in [0.3, 0.4) is 0 Å². The minimum absolute atomic E-state index is 0.118. The Morgan fingerprint density at radius 1 is 0.970 bits per heavy atom. The normalized spacial score (nSPS) is 12.4. The fraction of sp³-hybridized carbons (Fsp3) is 0.444. The van der Waals surface area contributed by atoms with Gasteiger partial charge in [0.15, 0.2) is 0 Å². The van der Waals surface area contributed by atoms with Crippen LogP contribution in [-0.2, 0) is 7.05 Å². The summed E-state index contributed by atoms with van der Waals surface area (Å²) in [5.41, 5.74) is 5.89. The van der Waals surface area contributed by atoms with Crippen LogP contribution in [0.4, 0.5) is 8.78 Å². The van der Waals surface area contributed by atoms with Crippen LogP contribution < -0.4 is 5.56 Å². The lowest BCUT2D eigenvalue weighted by atomic mass is 9.89. The Morgan fingerprint density at radius 3 is 2.12 bits per heavy atom. The summed E-state index contributed by atoms with van der Waals surface area (Å²) >= 11 is 3.05. The SMILES string of the molecule is CC(C)[Si](C#Cc1ccc(C(CC#CBr)c2cc(F)ccc2F)c(=O)n1C)(C(C)C)C(C)C. The van der Waals surface area contributed by atoms with E-state index in [4.69, 9.17) is 0 Å². The summed E-state index contributed by atoms with van der Waals surface area (Å²) in [6.45, 7) is 13.5. The third kappa shape index (κ3) is 5.68. The molecule has 0 saturated carbocycles. The number of pyridine rings is 1. The van der Waals surface area contributed by atoms with Crippen LogP contribution in [0.15, 0.2) is 35.1 Å². The van der Waals surface area contributed by atoms with Crippen molar-refractivity contribution in [3.8, 4) is 22.2 Å². The van der Waals surface area contributed by atoms with Gasteiger partial charge in [-0.3, -0.25) is 4.79 Å². The zero-order valence-corrected chi connectivity index (χ0v) is 23.0. The van der Waals surface area contributed by atoms with Crippen molar-refractivity contribution in [3.05, 3.63) is 69.1 Å². The van der Waals surface area contributed by atoms with Crippen molar-refractivity contribution in [1.29, 1.82) is 0 Å². The van der Waals surface area contributed by atoms with Gasteiger partial charge in [-0.05, 0) is 51.3 Å². The molecule has 176 valence electrons.